The van der Waals surface area contributed by atoms with Crippen molar-refractivity contribution < 1.29 is 4.74 Å². The Balaban J connectivity index is 2.74. The van der Waals surface area contributed by atoms with E-state index in [2.05, 4.69) is 26.1 Å². The molecule has 3 heteroatoms. The Hall–Kier alpha value is -0.890. The second-order valence-corrected chi connectivity index (χ2v) is 5.25. The van der Waals surface area contributed by atoms with Crippen LogP contribution < -0.4 is 10.1 Å². The molecule has 0 amide bonds. The zero-order chi connectivity index (χ0) is 13.5. The predicted octanol–water partition coefficient (Wildman–Crippen LogP) is 4.98. The molecule has 1 N–H and O–H groups in total. The molecule has 0 saturated carbocycles. The van der Waals surface area contributed by atoms with E-state index in [1.807, 2.05) is 18.2 Å². The fourth-order valence-electron chi connectivity index (χ4n) is 1.94. The first-order chi connectivity index (χ1) is 8.60. The third kappa shape index (κ3) is 4.41. The summed E-state index contributed by atoms with van der Waals surface area (Å²) < 4.78 is 5.23. The van der Waals surface area contributed by atoms with Crippen LogP contribution in [0.5, 0.6) is 5.75 Å². The average molecular weight is 270 g/mol. The van der Waals surface area contributed by atoms with E-state index in [1.54, 1.807) is 7.11 Å². The number of halogens is 1. The molecular weight excluding hydrogens is 246 g/mol. The van der Waals surface area contributed by atoms with E-state index >= 15 is 0 Å². The van der Waals surface area contributed by atoms with Crippen molar-refractivity contribution in [2.75, 3.05) is 12.4 Å². The molecule has 0 bridgehead atoms. The van der Waals surface area contributed by atoms with Crippen molar-refractivity contribution in [3.8, 4) is 5.75 Å². The lowest BCUT2D eigenvalue weighted by atomic mass is 9.97. The Labute approximate surface area is 116 Å². The minimum Gasteiger partial charge on any atom is -0.497 e. The van der Waals surface area contributed by atoms with Crippen LogP contribution in [0.4, 0.5) is 5.69 Å². The topological polar surface area (TPSA) is 21.3 Å². The van der Waals surface area contributed by atoms with Gasteiger partial charge in [-0.1, -0.05) is 38.8 Å². The average Bonchev–Trinajstić information content (AvgIpc) is 2.39. The zero-order valence-electron chi connectivity index (χ0n) is 11.8. The Morgan fingerprint density at radius 2 is 2.00 bits per heavy atom. The summed E-state index contributed by atoms with van der Waals surface area (Å²) in [6, 6.07) is 6.17. The summed E-state index contributed by atoms with van der Waals surface area (Å²) in [5.74, 6) is 1.56. The monoisotopic (exact) mass is 269 g/mol. The third-order valence-electron chi connectivity index (χ3n) is 3.41. The molecule has 1 rings (SSSR count). The Bertz CT molecular complexity index is 368. The quantitative estimate of drug-likeness (QED) is 0.754. The zero-order valence-corrected chi connectivity index (χ0v) is 12.6. The van der Waals surface area contributed by atoms with Gasteiger partial charge in [-0.05, 0) is 30.9 Å². The van der Waals surface area contributed by atoms with E-state index < -0.39 is 0 Å². The van der Waals surface area contributed by atoms with Crippen LogP contribution in [0.25, 0.3) is 0 Å². The minimum atomic E-state index is 0.463. The van der Waals surface area contributed by atoms with Crippen molar-refractivity contribution in [2.45, 2.75) is 46.1 Å². The summed E-state index contributed by atoms with van der Waals surface area (Å²) >= 11 is 6.21. The largest absolute Gasteiger partial charge is 0.497 e. The van der Waals surface area contributed by atoms with E-state index in [-0.39, 0.29) is 0 Å². The van der Waals surface area contributed by atoms with Crippen LogP contribution in [0.3, 0.4) is 0 Å². The number of anilines is 1. The van der Waals surface area contributed by atoms with Gasteiger partial charge in [0.15, 0.2) is 0 Å². The maximum absolute atomic E-state index is 6.21. The van der Waals surface area contributed by atoms with Gasteiger partial charge in [-0.25, -0.2) is 0 Å². The van der Waals surface area contributed by atoms with Crippen molar-refractivity contribution in [1.29, 1.82) is 0 Å². The smallest absolute Gasteiger partial charge is 0.121 e. The number of nitrogens with one attached hydrogen (secondary N) is 1. The highest BCUT2D eigenvalue weighted by molar-refractivity contribution is 6.33. The van der Waals surface area contributed by atoms with Gasteiger partial charge in [0.1, 0.15) is 5.75 Å². The highest BCUT2D eigenvalue weighted by atomic mass is 35.5. The maximum atomic E-state index is 6.21. The molecule has 1 aromatic rings. The Morgan fingerprint density at radius 3 is 2.56 bits per heavy atom. The van der Waals surface area contributed by atoms with Gasteiger partial charge < -0.3 is 10.1 Å². The lowest BCUT2D eigenvalue weighted by Gasteiger charge is -2.22. The molecule has 18 heavy (non-hydrogen) atoms. The molecule has 102 valence electrons. The summed E-state index contributed by atoms with van der Waals surface area (Å²) in [6.07, 6.45) is 3.47. The maximum Gasteiger partial charge on any atom is 0.121 e. The molecule has 0 aliphatic carbocycles. The van der Waals surface area contributed by atoms with Crippen molar-refractivity contribution in [2.24, 2.45) is 5.92 Å². The first-order valence-corrected chi connectivity index (χ1v) is 7.08. The second kappa shape index (κ2) is 7.52. The second-order valence-electron chi connectivity index (χ2n) is 4.84. The lowest BCUT2D eigenvalue weighted by Crippen LogP contribution is -2.21. The SMILES string of the molecule is CCC(C)CC(CC)Nc1cc(OC)ccc1Cl. The molecule has 2 atom stereocenters. The number of hydrogen-bond donors (Lipinski definition) is 1. The molecule has 0 fully saturated rings. The summed E-state index contributed by atoms with van der Waals surface area (Å²) in [7, 11) is 1.67. The summed E-state index contributed by atoms with van der Waals surface area (Å²) in [5, 5.41) is 4.27. The van der Waals surface area contributed by atoms with Gasteiger partial charge in [-0.3, -0.25) is 0 Å². The standard InChI is InChI=1S/C15H24ClNO/c1-5-11(3)9-12(6-2)17-15-10-13(18-4)7-8-14(15)16/h7-8,10-12,17H,5-6,9H2,1-4H3. The van der Waals surface area contributed by atoms with Crippen LogP contribution in [-0.2, 0) is 0 Å². The van der Waals surface area contributed by atoms with E-state index in [1.165, 1.54) is 12.8 Å². The van der Waals surface area contributed by atoms with E-state index in [9.17, 15) is 0 Å². The van der Waals surface area contributed by atoms with Gasteiger partial charge in [0.05, 0.1) is 17.8 Å². The van der Waals surface area contributed by atoms with E-state index in [4.69, 9.17) is 16.3 Å². The molecule has 2 nitrogen and oxygen atoms in total. The fraction of sp³-hybridized carbons (Fsp3) is 0.600. The van der Waals surface area contributed by atoms with Gasteiger partial charge in [0.2, 0.25) is 0 Å². The highest BCUT2D eigenvalue weighted by Gasteiger charge is 2.12. The molecule has 0 spiro atoms. The van der Waals surface area contributed by atoms with Crippen molar-refractivity contribution in [3.05, 3.63) is 23.2 Å². The van der Waals surface area contributed by atoms with Crippen LogP contribution in [0.15, 0.2) is 18.2 Å². The fourth-order valence-corrected chi connectivity index (χ4v) is 2.11. The van der Waals surface area contributed by atoms with Gasteiger partial charge in [0, 0.05) is 12.1 Å². The van der Waals surface area contributed by atoms with Crippen molar-refractivity contribution in [1.82, 2.24) is 0 Å². The van der Waals surface area contributed by atoms with Gasteiger partial charge >= 0.3 is 0 Å². The first kappa shape index (κ1) is 15.2. The molecule has 0 aliphatic heterocycles. The number of benzene rings is 1. The van der Waals surface area contributed by atoms with Crippen LogP contribution >= 0.6 is 11.6 Å². The third-order valence-corrected chi connectivity index (χ3v) is 3.74. The number of rotatable bonds is 7. The minimum absolute atomic E-state index is 0.463. The van der Waals surface area contributed by atoms with Crippen LogP contribution in [0.1, 0.15) is 40.0 Å². The summed E-state index contributed by atoms with van der Waals surface area (Å²) in [5.41, 5.74) is 0.964. The van der Waals surface area contributed by atoms with Crippen LogP contribution in [0.2, 0.25) is 5.02 Å². The number of hydrogen-bond acceptors (Lipinski definition) is 2. The van der Waals surface area contributed by atoms with Crippen molar-refractivity contribution in [3.63, 3.8) is 0 Å². The molecule has 0 aromatic heterocycles. The molecule has 0 saturated heterocycles. The van der Waals surface area contributed by atoms with Crippen molar-refractivity contribution >= 4 is 17.3 Å². The van der Waals surface area contributed by atoms with Gasteiger partial charge in [-0.2, -0.15) is 0 Å². The molecule has 0 radical (unpaired) electrons. The number of ether oxygens (including phenoxy) is 1. The molecular formula is C15H24ClNO. The molecule has 1 aromatic carbocycles. The van der Waals surface area contributed by atoms with Crippen LogP contribution in [0, 0.1) is 5.92 Å². The van der Waals surface area contributed by atoms with Crippen LogP contribution in [-0.4, -0.2) is 13.2 Å². The van der Waals surface area contributed by atoms with Gasteiger partial charge in [0.25, 0.3) is 0 Å². The van der Waals surface area contributed by atoms with E-state index in [0.717, 1.165) is 28.8 Å². The Morgan fingerprint density at radius 1 is 1.28 bits per heavy atom. The number of methoxy groups -OCH3 is 1. The summed E-state index contributed by atoms with van der Waals surface area (Å²) in [6.45, 7) is 6.72. The summed E-state index contributed by atoms with van der Waals surface area (Å²) in [4.78, 5) is 0. The highest BCUT2D eigenvalue weighted by Crippen LogP contribution is 2.28. The molecule has 2 unspecified atom stereocenters. The predicted molar refractivity (Wildman–Crippen MR) is 79.8 cm³/mol. The Kier molecular flexibility index (Phi) is 6.34. The molecule has 0 aliphatic rings. The normalized spacial score (nSPS) is 14.1. The lowest BCUT2D eigenvalue weighted by molar-refractivity contribution is 0.414. The van der Waals surface area contributed by atoms with E-state index in [0.29, 0.717) is 6.04 Å². The van der Waals surface area contributed by atoms with Gasteiger partial charge in [-0.15, -0.1) is 0 Å². The first-order valence-electron chi connectivity index (χ1n) is 6.70. The molecule has 0 heterocycles.